The summed E-state index contributed by atoms with van der Waals surface area (Å²) < 4.78 is 40.4. The van der Waals surface area contributed by atoms with Crippen LogP contribution in [0.1, 0.15) is 42.7 Å². The van der Waals surface area contributed by atoms with Gasteiger partial charge in [0.05, 0.1) is 0 Å². The number of carboxylic acid groups (broad SMARTS) is 1. The number of halogens is 3. The van der Waals surface area contributed by atoms with Crippen LogP contribution in [0, 0.1) is 23.4 Å². The quantitative estimate of drug-likeness (QED) is 0.344. The lowest BCUT2D eigenvalue weighted by Gasteiger charge is -2.41. The van der Waals surface area contributed by atoms with Gasteiger partial charge in [-0.2, -0.15) is 0 Å². The van der Waals surface area contributed by atoms with Crippen molar-refractivity contribution in [3.63, 3.8) is 0 Å². The molecule has 2 saturated heterocycles. The first kappa shape index (κ1) is 26.0. The van der Waals surface area contributed by atoms with Crippen LogP contribution in [0.2, 0.25) is 0 Å². The second-order valence-electron chi connectivity index (χ2n) is 10.1. The van der Waals surface area contributed by atoms with Gasteiger partial charge in [-0.1, -0.05) is 18.2 Å². The van der Waals surface area contributed by atoms with Crippen molar-refractivity contribution in [1.29, 1.82) is 0 Å². The van der Waals surface area contributed by atoms with Gasteiger partial charge in [-0.15, -0.1) is 0 Å². The Morgan fingerprint density at radius 2 is 1.66 bits per heavy atom. The number of nitrogens with zero attached hydrogens (tertiary/aromatic N) is 2. The summed E-state index contributed by atoms with van der Waals surface area (Å²) in [5, 5.41) is 11.3. The van der Waals surface area contributed by atoms with E-state index < -0.39 is 29.5 Å². The number of benzene rings is 2. The maximum absolute atomic E-state index is 13.9. The first-order valence-corrected chi connectivity index (χ1v) is 13.0. The Morgan fingerprint density at radius 1 is 0.947 bits per heavy atom. The first-order valence-electron chi connectivity index (χ1n) is 13.0. The lowest BCUT2D eigenvalue weighted by molar-refractivity contribution is -0.147. The third-order valence-corrected chi connectivity index (χ3v) is 8.01. The number of aromatic amines is 1. The molecule has 5 rings (SSSR count). The molecule has 1 unspecified atom stereocenters. The van der Waals surface area contributed by atoms with Gasteiger partial charge >= 0.3 is 5.97 Å². The van der Waals surface area contributed by atoms with Crippen molar-refractivity contribution in [2.24, 2.45) is 5.92 Å². The summed E-state index contributed by atoms with van der Waals surface area (Å²) in [6.45, 7) is 2.15. The number of aliphatic carboxylic acids is 1. The standard InChI is InChI=1S/C29H30F3N3O3/c30-23-7-5-19(26(31)27(23)32)6-8-25(36)34-13-11-20(12-14-34)28(29(37)38)35-15-9-18(10-16-35)22-17-33-24-4-2-1-3-21(22)24/h1-8,17-18,20,28,33H,9-16H2,(H,37,38). The molecule has 2 N–H and O–H groups in total. The van der Waals surface area contributed by atoms with Crippen LogP contribution >= 0.6 is 0 Å². The Morgan fingerprint density at radius 3 is 2.37 bits per heavy atom. The van der Waals surface area contributed by atoms with E-state index in [2.05, 4.69) is 28.2 Å². The van der Waals surface area contributed by atoms with Crippen molar-refractivity contribution < 1.29 is 27.9 Å². The largest absolute Gasteiger partial charge is 0.480 e. The third-order valence-electron chi connectivity index (χ3n) is 8.01. The highest BCUT2D eigenvalue weighted by Gasteiger charge is 2.38. The molecule has 0 radical (unpaired) electrons. The second-order valence-corrected chi connectivity index (χ2v) is 10.1. The zero-order valence-corrected chi connectivity index (χ0v) is 20.9. The van der Waals surface area contributed by atoms with E-state index in [1.807, 2.05) is 12.1 Å². The van der Waals surface area contributed by atoms with Crippen LogP contribution in [-0.4, -0.2) is 64.0 Å². The number of carbonyl (C=O) groups excluding carboxylic acids is 1. The number of aromatic nitrogens is 1. The van der Waals surface area contributed by atoms with Crippen LogP contribution in [0.15, 0.2) is 48.7 Å². The average molecular weight is 526 g/mol. The van der Waals surface area contributed by atoms with Gasteiger partial charge in [0, 0.05) is 41.8 Å². The minimum absolute atomic E-state index is 0.0891. The molecule has 1 amide bonds. The predicted molar refractivity (Wildman–Crippen MR) is 138 cm³/mol. The summed E-state index contributed by atoms with van der Waals surface area (Å²) in [5.41, 5.74) is 2.18. The summed E-state index contributed by atoms with van der Waals surface area (Å²) in [4.78, 5) is 31.9. The summed E-state index contributed by atoms with van der Waals surface area (Å²) in [6.07, 6.45) is 7.19. The number of carbonyl (C=O) groups is 2. The molecule has 2 fully saturated rings. The average Bonchev–Trinajstić information content (AvgIpc) is 3.36. The van der Waals surface area contributed by atoms with Gasteiger partial charge in [0.15, 0.2) is 17.5 Å². The number of amides is 1. The third kappa shape index (κ3) is 5.20. The molecule has 1 atom stereocenters. The molecular formula is C29H30F3N3O3. The van der Waals surface area contributed by atoms with Gasteiger partial charge in [0.25, 0.3) is 0 Å². The number of likely N-dealkylation sites (tertiary alicyclic amines) is 2. The molecule has 2 aromatic carbocycles. The summed E-state index contributed by atoms with van der Waals surface area (Å²) in [5.74, 6) is -5.14. The van der Waals surface area contributed by atoms with Gasteiger partial charge in [0.1, 0.15) is 6.04 Å². The lowest BCUT2D eigenvalue weighted by Crippen LogP contribution is -2.52. The Hall–Kier alpha value is -3.59. The fraction of sp³-hybridized carbons (Fsp3) is 0.379. The van der Waals surface area contributed by atoms with Gasteiger partial charge < -0.3 is 15.0 Å². The van der Waals surface area contributed by atoms with E-state index >= 15 is 0 Å². The highest BCUT2D eigenvalue weighted by molar-refractivity contribution is 5.92. The number of piperidine rings is 2. The second kappa shape index (κ2) is 11.0. The summed E-state index contributed by atoms with van der Waals surface area (Å²) in [7, 11) is 0. The highest BCUT2D eigenvalue weighted by atomic mass is 19.2. The van der Waals surface area contributed by atoms with E-state index in [0.29, 0.717) is 44.9 Å². The van der Waals surface area contributed by atoms with Gasteiger partial charge in [0.2, 0.25) is 5.91 Å². The smallest absolute Gasteiger partial charge is 0.321 e. The van der Waals surface area contributed by atoms with Gasteiger partial charge in [-0.3, -0.25) is 14.5 Å². The zero-order chi connectivity index (χ0) is 26.8. The SMILES string of the molecule is O=C(O)C(C1CCN(C(=O)C=Cc2ccc(F)c(F)c2F)CC1)N1CCC(c2c[nH]c3ccccc23)CC1. The van der Waals surface area contributed by atoms with E-state index in [-0.39, 0.29) is 17.4 Å². The molecule has 0 saturated carbocycles. The molecule has 3 aromatic rings. The maximum atomic E-state index is 13.9. The Balaban J connectivity index is 1.17. The fourth-order valence-corrected chi connectivity index (χ4v) is 5.95. The van der Waals surface area contributed by atoms with E-state index in [1.54, 1.807) is 4.90 Å². The van der Waals surface area contributed by atoms with Crippen LogP contribution in [-0.2, 0) is 9.59 Å². The van der Waals surface area contributed by atoms with Crippen molar-refractivity contribution in [2.45, 2.75) is 37.6 Å². The molecule has 6 nitrogen and oxygen atoms in total. The number of hydrogen-bond donors (Lipinski definition) is 2. The Bertz CT molecular complexity index is 1360. The van der Waals surface area contributed by atoms with Crippen molar-refractivity contribution in [1.82, 2.24) is 14.8 Å². The van der Waals surface area contributed by atoms with Crippen molar-refractivity contribution >= 4 is 28.9 Å². The Labute approximate surface area is 218 Å². The fourth-order valence-electron chi connectivity index (χ4n) is 5.95. The Kier molecular flexibility index (Phi) is 7.56. The van der Waals surface area contributed by atoms with Crippen molar-refractivity contribution in [2.75, 3.05) is 26.2 Å². The van der Waals surface area contributed by atoms with Crippen LogP contribution in [0.4, 0.5) is 13.2 Å². The summed E-state index contributed by atoms with van der Waals surface area (Å²) in [6, 6.07) is 9.48. The van der Waals surface area contributed by atoms with Crippen LogP contribution < -0.4 is 0 Å². The molecule has 0 aliphatic carbocycles. The first-order chi connectivity index (χ1) is 18.3. The molecule has 0 bridgehead atoms. The van der Waals surface area contributed by atoms with Gasteiger partial charge in [-0.05, 0) is 80.4 Å². The van der Waals surface area contributed by atoms with Crippen LogP contribution in [0.3, 0.4) is 0 Å². The van der Waals surface area contributed by atoms with Crippen molar-refractivity contribution in [3.8, 4) is 0 Å². The number of fused-ring (bicyclic) bond motifs is 1. The normalized spacial score (nSPS) is 18.9. The molecule has 2 aliphatic heterocycles. The minimum atomic E-state index is -1.58. The molecule has 1 aromatic heterocycles. The number of para-hydroxylation sites is 1. The minimum Gasteiger partial charge on any atom is -0.480 e. The van der Waals surface area contributed by atoms with E-state index in [9.17, 15) is 27.9 Å². The molecular weight excluding hydrogens is 495 g/mol. The van der Waals surface area contributed by atoms with Crippen LogP contribution in [0.25, 0.3) is 17.0 Å². The topological polar surface area (TPSA) is 76.6 Å². The number of rotatable bonds is 6. The zero-order valence-electron chi connectivity index (χ0n) is 20.9. The molecule has 0 spiro atoms. The summed E-state index contributed by atoms with van der Waals surface area (Å²) >= 11 is 0. The number of hydrogen-bond acceptors (Lipinski definition) is 3. The van der Waals surface area contributed by atoms with E-state index in [1.165, 1.54) is 10.9 Å². The predicted octanol–water partition coefficient (Wildman–Crippen LogP) is 5.17. The molecule has 9 heteroatoms. The highest BCUT2D eigenvalue weighted by Crippen LogP contribution is 2.35. The molecule has 2 aliphatic rings. The molecule has 38 heavy (non-hydrogen) atoms. The molecule has 3 heterocycles. The van der Waals surface area contributed by atoms with E-state index in [0.717, 1.165) is 42.6 Å². The maximum Gasteiger partial charge on any atom is 0.321 e. The lowest BCUT2D eigenvalue weighted by atomic mass is 9.84. The van der Waals surface area contributed by atoms with Gasteiger partial charge in [-0.25, -0.2) is 13.2 Å². The number of H-pyrrole nitrogens is 1. The van der Waals surface area contributed by atoms with E-state index in [4.69, 9.17) is 0 Å². The van der Waals surface area contributed by atoms with Crippen molar-refractivity contribution in [3.05, 3.63) is 77.2 Å². The monoisotopic (exact) mass is 525 g/mol. The number of carboxylic acids is 1. The number of nitrogens with one attached hydrogen (secondary N) is 1. The molecule has 200 valence electrons. The van der Waals surface area contributed by atoms with Crippen LogP contribution in [0.5, 0.6) is 0 Å².